The first kappa shape index (κ1) is 19.5. The van der Waals surface area contributed by atoms with Gasteiger partial charge in [0, 0.05) is 55.7 Å². The molecule has 6 nitrogen and oxygen atoms in total. The van der Waals surface area contributed by atoms with Gasteiger partial charge in [0.25, 0.3) is 5.91 Å². The molecule has 0 aliphatic carbocycles. The molecule has 1 aliphatic heterocycles. The van der Waals surface area contributed by atoms with Crippen molar-refractivity contribution in [2.45, 2.75) is 39.0 Å². The fraction of sp³-hybridized carbons (Fsp3) is 0.500. The molecule has 0 bridgehead atoms. The summed E-state index contributed by atoms with van der Waals surface area (Å²) in [6.07, 6.45) is 6.07. The van der Waals surface area contributed by atoms with Gasteiger partial charge in [0.15, 0.2) is 0 Å². The molecule has 2 aromatic heterocycles. The van der Waals surface area contributed by atoms with Crippen LogP contribution in [0.1, 0.15) is 53.7 Å². The molecule has 7 heteroatoms. The van der Waals surface area contributed by atoms with Gasteiger partial charge in [-0.2, -0.15) is 0 Å². The zero-order valence-electron chi connectivity index (χ0n) is 15.9. The third-order valence-corrected chi connectivity index (χ3v) is 5.80. The second kappa shape index (κ2) is 9.08. The molecule has 27 heavy (non-hydrogen) atoms. The molecule has 1 fully saturated rings. The number of likely N-dealkylation sites (tertiary alicyclic amines) is 1. The Morgan fingerprint density at radius 2 is 2.26 bits per heavy atom. The van der Waals surface area contributed by atoms with Crippen LogP contribution in [0.4, 0.5) is 0 Å². The molecule has 1 saturated heterocycles. The molecule has 0 unspecified atom stereocenters. The molecule has 0 saturated carbocycles. The summed E-state index contributed by atoms with van der Waals surface area (Å²) in [5.41, 5.74) is 1.65. The number of thiazole rings is 1. The highest BCUT2D eigenvalue weighted by molar-refractivity contribution is 7.09. The number of rotatable bonds is 6. The smallest absolute Gasteiger partial charge is 0.255 e. The second-order valence-electron chi connectivity index (χ2n) is 7.20. The van der Waals surface area contributed by atoms with Crippen molar-refractivity contribution >= 4 is 23.2 Å². The molecule has 1 N–H and O–H groups in total. The van der Waals surface area contributed by atoms with Crippen molar-refractivity contribution in [2.75, 3.05) is 19.6 Å². The standard InChI is InChI=1S/C20H26N4O2S/c1-14(2)18(25)22-9-7-17-13-27-19(23-17)16-6-4-10-24(12-16)20(26)15-5-3-8-21-11-15/h3,5,8,11,13-14,16H,4,6-7,9-10,12H2,1-2H3,(H,22,25)/t16-/m0/s1. The lowest BCUT2D eigenvalue weighted by molar-refractivity contribution is -0.123. The van der Waals surface area contributed by atoms with Crippen molar-refractivity contribution in [3.63, 3.8) is 0 Å². The monoisotopic (exact) mass is 386 g/mol. The van der Waals surface area contributed by atoms with Crippen LogP contribution in [0, 0.1) is 5.92 Å². The van der Waals surface area contributed by atoms with Crippen LogP contribution in [-0.4, -0.2) is 46.3 Å². The fourth-order valence-corrected chi connectivity index (χ4v) is 4.16. The lowest BCUT2D eigenvalue weighted by Gasteiger charge is -2.31. The Labute approximate surface area is 164 Å². The number of carbonyl (C=O) groups excluding carboxylic acids is 2. The van der Waals surface area contributed by atoms with Gasteiger partial charge in [0.2, 0.25) is 5.91 Å². The quantitative estimate of drug-likeness (QED) is 0.828. The molecule has 2 aromatic rings. The minimum absolute atomic E-state index is 0.00145. The van der Waals surface area contributed by atoms with E-state index in [-0.39, 0.29) is 23.7 Å². The number of aromatic nitrogens is 2. The van der Waals surface area contributed by atoms with Gasteiger partial charge < -0.3 is 10.2 Å². The number of amides is 2. The molecule has 2 amide bonds. The van der Waals surface area contributed by atoms with Crippen LogP contribution in [0.15, 0.2) is 29.9 Å². The van der Waals surface area contributed by atoms with Crippen LogP contribution in [0.2, 0.25) is 0 Å². The Bertz CT molecular complexity index is 775. The minimum Gasteiger partial charge on any atom is -0.355 e. The van der Waals surface area contributed by atoms with Crippen molar-refractivity contribution < 1.29 is 9.59 Å². The van der Waals surface area contributed by atoms with Crippen molar-refractivity contribution in [1.29, 1.82) is 0 Å². The summed E-state index contributed by atoms with van der Waals surface area (Å²) in [7, 11) is 0. The first-order valence-corrected chi connectivity index (χ1v) is 10.3. The van der Waals surface area contributed by atoms with E-state index in [1.807, 2.05) is 24.8 Å². The zero-order chi connectivity index (χ0) is 19.2. The Balaban J connectivity index is 1.56. The van der Waals surface area contributed by atoms with E-state index in [4.69, 9.17) is 4.98 Å². The van der Waals surface area contributed by atoms with Crippen LogP contribution in [0.5, 0.6) is 0 Å². The van der Waals surface area contributed by atoms with Crippen LogP contribution in [-0.2, 0) is 11.2 Å². The van der Waals surface area contributed by atoms with Crippen molar-refractivity contribution in [3.8, 4) is 0 Å². The van der Waals surface area contributed by atoms with E-state index >= 15 is 0 Å². The summed E-state index contributed by atoms with van der Waals surface area (Å²) in [6, 6.07) is 3.60. The van der Waals surface area contributed by atoms with Gasteiger partial charge in [0.1, 0.15) is 0 Å². The Kier molecular flexibility index (Phi) is 6.55. The summed E-state index contributed by atoms with van der Waals surface area (Å²) in [5.74, 6) is 0.396. The number of pyridine rings is 1. The number of hydrogen-bond acceptors (Lipinski definition) is 5. The average molecular weight is 387 g/mol. The lowest BCUT2D eigenvalue weighted by Crippen LogP contribution is -2.39. The Morgan fingerprint density at radius 1 is 1.41 bits per heavy atom. The van der Waals surface area contributed by atoms with Crippen LogP contribution in [0.3, 0.4) is 0 Å². The van der Waals surface area contributed by atoms with Gasteiger partial charge in [-0.1, -0.05) is 13.8 Å². The first-order valence-electron chi connectivity index (χ1n) is 9.46. The summed E-state index contributed by atoms with van der Waals surface area (Å²) >= 11 is 1.66. The molecule has 1 aliphatic rings. The molecule has 3 heterocycles. The Morgan fingerprint density at radius 3 is 3.00 bits per heavy atom. The molecule has 0 radical (unpaired) electrons. The second-order valence-corrected chi connectivity index (χ2v) is 8.09. The highest BCUT2D eigenvalue weighted by Crippen LogP contribution is 2.30. The minimum atomic E-state index is 0.00145. The fourth-order valence-electron chi connectivity index (χ4n) is 3.18. The maximum Gasteiger partial charge on any atom is 0.255 e. The number of hydrogen-bond donors (Lipinski definition) is 1. The average Bonchev–Trinajstić information content (AvgIpc) is 3.17. The van der Waals surface area contributed by atoms with Crippen molar-refractivity contribution in [1.82, 2.24) is 20.2 Å². The van der Waals surface area contributed by atoms with E-state index < -0.39 is 0 Å². The van der Waals surface area contributed by atoms with Crippen LogP contribution < -0.4 is 5.32 Å². The van der Waals surface area contributed by atoms with Gasteiger partial charge in [0.05, 0.1) is 16.3 Å². The van der Waals surface area contributed by atoms with Gasteiger partial charge in [-0.15, -0.1) is 11.3 Å². The molecule has 3 rings (SSSR count). The SMILES string of the molecule is CC(C)C(=O)NCCc1csc([C@H]2CCCN(C(=O)c3cccnc3)C2)n1. The van der Waals surface area contributed by atoms with Crippen molar-refractivity contribution in [3.05, 3.63) is 46.2 Å². The lowest BCUT2D eigenvalue weighted by atomic mass is 9.98. The highest BCUT2D eigenvalue weighted by atomic mass is 32.1. The number of piperidine rings is 1. The van der Waals surface area contributed by atoms with Gasteiger partial charge >= 0.3 is 0 Å². The maximum atomic E-state index is 12.7. The molecule has 1 atom stereocenters. The summed E-state index contributed by atoms with van der Waals surface area (Å²) in [5, 5.41) is 6.08. The summed E-state index contributed by atoms with van der Waals surface area (Å²) in [4.78, 5) is 35.0. The molecular weight excluding hydrogens is 360 g/mol. The normalized spacial score (nSPS) is 17.1. The van der Waals surface area contributed by atoms with Gasteiger partial charge in [-0.05, 0) is 25.0 Å². The van der Waals surface area contributed by atoms with Crippen molar-refractivity contribution in [2.24, 2.45) is 5.92 Å². The van der Waals surface area contributed by atoms with E-state index in [0.717, 1.165) is 36.5 Å². The third kappa shape index (κ3) is 5.13. The molecule has 144 valence electrons. The molecule has 0 spiro atoms. The summed E-state index contributed by atoms with van der Waals surface area (Å²) < 4.78 is 0. The largest absolute Gasteiger partial charge is 0.355 e. The number of nitrogens with one attached hydrogen (secondary N) is 1. The van der Waals surface area contributed by atoms with Gasteiger partial charge in [-0.3, -0.25) is 14.6 Å². The topological polar surface area (TPSA) is 75.2 Å². The predicted molar refractivity (Wildman–Crippen MR) is 106 cm³/mol. The predicted octanol–water partition coefficient (Wildman–Crippen LogP) is 2.87. The zero-order valence-corrected chi connectivity index (χ0v) is 16.7. The summed E-state index contributed by atoms with van der Waals surface area (Å²) in [6.45, 7) is 5.86. The highest BCUT2D eigenvalue weighted by Gasteiger charge is 2.27. The van der Waals surface area contributed by atoms with Gasteiger partial charge in [-0.25, -0.2) is 4.98 Å². The van der Waals surface area contributed by atoms with E-state index in [2.05, 4.69) is 15.7 Å². The van der Waals surface area contributed by atoms with E-state index in [9.17, 15) is 9.59 Å². The van der Waals surface area contributed by atoms with E-state index in [1.165, 1.54) is 0 Å². The third-order valence-electron chi connectivity index (χ3n) is 4.74. The Hall–Kier alpha value is -2.28. The van der Waals surface area contributed by atoms with Crippen LogP contribution in [0.25, 0.3) is 0 Å². The number of carbonyl (C=O) groups is 2. The molecule has 0 aromatic carbocycles. The molecular formula is C20H26N4O2S. The van der Waals surface area contributed by atoms with E-state index in [0.29, 0.717) is 18.7 Å². The maximum absolute atomic E-state index is 12.7. The van der Waals surface area contributed by atoms with Crippen LogP contribution >= 0.6 is 11.3 Å². The van der Waals surface area contributed by atoms with E-state index in [1.54, 1.807) is 29.8 Å². The number of nitrogens with zero attached hydrogens (tertiary/aromatic N) is 3. The first-order chi connectivity index (χ1) is 13.0.